The van der Waals surface area contributed by atoms with Gasteiger partial charge in [-0.3, -0.25) is 0 Å². The van der Waals surface area contributed by atoms with Crippen LogP contribution in [-0.4, -0.2) is 17.1 Å². The molecule has 0 aliphatic rings. The average molecular weight is 250 g/mol. The first-order valence-electron chi connectivity index (χ1n) is 6.87. The Morgan fingerprint density at radius 2 is 2.06 bits per heavy atom. The molecule has 0 aliphatic heterocycles. The smallest absolute Gasteiger partial charge is 0.213 e. The molecule has 0 amide bonds. The number of hydrogen-bond acceptors (Lipinski definition) is 3. The molecule has 1 unspecified atom stereocenters. The zero-order valence-corrected chi connectivity index (χ0v) is 12.3. The largest absolute Gasteiger partial charge is 0.472 e. The first-order chi connectivity index (χ1) is 8.48. The number of nitrogens with one attached hydrogen (secondary N) is 1. The molecule has 3 nitrogen and oxygen atoms in total. The number of ether oxygens (including phenoxy) is 1. The van der Waals surface area contributed by atoms with Gasteiger partial charge in [-0.25, -0.2) is 4.98 Å². The van der Waals surface area contributed by atoms with E-state index in [1.165, 1.54) is 5.56 Å². The van der Waals surface area contributed by atoms with E-state index in [0.717, 1.165) is 19.4 Å². The Balaban J connectivity index is 2.62. The molecule has 0 fully saturated rings. The molecule has 1 aromatic heterocycles. The van der Waals surface area contributed by atoms with Crippen molar-refractivity contribution in [1.82, 2.24) is 10.3 Å². The van der Waals surface area contributed by atoms with E-state index >= 15 is 0 Å². The molecule has 18 heavy (non-hydrogen) atoms. The lowest BCUT2D eigenvalue weighted by atomic mass is 10.1. The summed E-state index contributed by atoms with van der Waals surface area (Å²) in [7, 11) is 0. The number of hydrogen-bond donors (Lipinski definition) is 1. The second kappa shape index (κ2) is 6.74. The molecule has 0 aromatic carbocycles. The fraction of sp³-hybridized carbons (Fsp3) is 0.667. The molecule has 102 valence electrons. The summed E-state index contributed by atoms with van der Waals surface area (Å²) in [4.78, 5) is 4.38. The lowest BCUT2D eigenvalue weighted by molar-refractivity contribution is 0.0989. The van der Waals surface area contributed by atoms with Crippen LogP contribution in [0, 0.1) is 0 Å². The summed E-state index contributed by atoms with van der Waals surface area (Å²) < 4.78 is 5.84. The molecule has 0 saturated heterocycles. The Kier molecular flexibility index (Phi) is 5.60. The Bertz CT molecular complexity index is 346. The van der Waals surface area contributed by atoms with Crippen molar-refractivity contribution in [2.45, 2.75) is 59.1 Å². The molecule has 0 saturated carbocycles. The standard InChI is InChI=1S/C15H26N2O/c1-6-10-16-12(3)13-8-9-14(17-11-13)18-15(4,5)7-2/h8-9,11-12,16H,6-7,10H2,1-5H3. The third-order valence-corrected chi connectivity index (χ3v) is 3.19. The van der Waals surface area contributed by atoms with Gasteiger partial charge in [-0.1, -0.05) is 19.9 Å². The van der Waals surface area contributed by atoms with Gasteiger partial charge in [-0.05, 0) is 45.7 Å². The van der Waals surface area contributed by atoms with Crippen LogP contribution in [0.15, 0.2) is 18.3 Å². The molecule has 0 radical (unpaired) electrons. The molecule has 0 spiro atoms. The highest BCUT2D eigenvalue weighted by Gasteiger charge is 2.17. The van der Waals surface area contributed by atoms with Crippen molar-refractivity contribution in [1.29, 1.82) is 0 Å². The van der Waals surface area contributed by atoms with Crippen molar-refractivity contribution in [3.8, 4) is 5.88 Å². The van der Waals surface area contributed by atoms with E-state index in [9.17, 15) is 0 Å². The van der Waals surface area contributed by atoms with Gasteiger partial charge in [0.15, 0.2) is 0 Å². The van der Waals surface area contributed by atoms with E-state index in [4.69, 9.17) is 4.74 Å². The van der Waals surface area contributed by atoms with Crippen LogP contribution in [0.25, 0.3) is 0 Å². The van der Waals surface area contributed by atoms with Crippen molar-refractivity contribution in [2.75, 3.05) is 6.54 Å². The molecular weight excluding hydrogens is 224 g/mol. The number of nitrogens with zero attached hydrogens (tertiary/aromatic N) is 1. The van der Waals surface area contributed by atoms with Crippen molar-refractivity contribution < 1.29 is 4.74 Å². The first-order valence-corrected chi connectivity index (χ1v) is 6.87. The molecular formula is C15H26N2O. The van der Waals surface area contributed by atoms with Crippen LogP contribution in [0.4, 0.5) is 0 Å². The van der Waals surface area contributed by atoms with Crippen molar-refractivity contribution in [2.24, 2.45) is 0 Å². The van der Waals surface area contributed by atoms with Crippen molar-refractivity contribution in [3.63, 3.8) is 0 Å². The summed E-state index contributed by atoms with van der Waals surface area (Å²) in [6.07, 6.45) is 4.00. The van der Waals surface area contributed by atoms with Gasteiger partial charge < -0.3 is 10.1 Å². The molecule has 1 aromatic rings. The van der Waals surface area contributed by atoms with Gasteiger partial charge in [-0.2, -0.15) is 0 Å². The van der Waals surface area contributed by atoms with E-state index < -0.39 is 0 Å². The minimum absolute atomic E-state index is 0.152. The van der Waals surface area contributed by atoms with Crippen LogP contribution < -0.4 is 10.1 Å². The zero-order valence-electron chi connectivity index (χ0n) is 12.3. The second-order valence-electron chi connectivity index (χ2n) is 5.32. The Morgan fingerprint density at radius 3 is 2.56 bits per heavy atom. The third-order valence-electron chi connectivity index (χ3n) is 3.19. The molecule has 3 heteroatoms. The fourth-order valence-electron chi connectivity index (χ4n) is 1.54. The van der Waals surface area contributed by atoms with Crippen LogP contribution in [0.5, 0.6) is 5.88 Å². The van der Waals surface area contributed by atoms with Crippen molar-refractivity contribution in [3.05, 3.63) is 23.9 Å². The average Bonchev–Trinajstić information content (AvgIpc) is 2.36. The van der Waals surface area contributed by atoms with E-state index in [-0.39, 0.29) is 5.60 Å². The minimum atomic E-state index is -0.152. The van der Waals surface area contributed by atoms with Gasteiger partial charge in [0, 0.05) is 18.3 Å². The van der Waals surface area contributed by atoms with Crippen LogP contribution in [0.3, 0.4) is 0 Å². The summed E-state index contributed by atoms with van der Waals surface area (Å²) in [5, 5.41) is 3.45. The first kappa shape index (κ1) is 15.0. The highest BCUT2D eigenvalue weighted by Crippen LogP contribution is 2.20. The number of aromatic nitrogens is 1. The number of pyridine rings is 1. The SMILES string of the molecule is CCCNC(C)c1ccc(OC(C)(C)CC)nc1. The summed E-state index contributed by atoms with van der Waals surface area (Å²) in [6.45, 7) is 11.6. The van der Waals surface area contributed by atoms with E-state index in [0.29, 0.717) is 11.9 Å². The quantitative estimate of drug-likeness (QED) is 0.801. The summed E-state index contributed by atoms with van der Waals surface area (Å²) >= 11 is 0. The lowest BCUT2D eigenvalue weighted by Crippen LogP contribution is -2.27. The van der Waals surface area contributed by atoms with Gasteiger partial charge >= 0.3 is 0 Å². The molecule has 1 heterocycles. The van der Waals surface area contributed by atoms with Crippen LogP contribution >= 0.6 is 0 Å². The minimum Gasteiger partial charge on any atom is -0.472 e. The zero-order chi connectivity index (χ0) is 13.6. The molecule has 1 N–H and O–H groups in total. The van der Waals surface area contributed by atoms with Gasteiger partial charge in [0.2, 0.25) is 5.88 Å². The number of rotatable bonds is 7. The van der Waals surface area contributed by atoms with Gasteiger partial charge in [0.25, 0.3) is 0 Å². The van der Waals surface area contributed by atoms with E-state index in [1.807, 2.05) is 12.3 Å². The maximum absolute atomic E-state index is 5.84. The Labute approximate surface area is 111 Å². The van der Waals surface area contributed by atoms with Gasteiger partial charge in [-0.15, -0.1) is 0 Å². The van der Waals surface area contributed by atoms with Gasteiger partial charge in [0.05, 0.1) is 0 Å². The topological polar surface area (TPSA) is 34.1 Å². The molecule has 0 aliphatic carbocycles. The fourth-order valence-corrected chi connectivity index (χ4v) is 1.54. The third kappa shape index (κ3) is 4.65. The predicted molar refractivity (Wildman–Crippen MR) is 75.9 cm³/mol. The van der Waals surface area contributed by atoms with Crippen molar-refractivity contribution >= 4 is 0 Å². The van der Waals surface area contributed by atoms with E-state index in [2.05, 4.69) is 51.0 Å². The molecule has 1 rings (SSSR count). The Morgan fingerprint density at radius 1 is 1.33 bits per heavy atom. The molecule has 0 bridgehead atoms. The predicted octanol–water partition coefficient (Wildman–Crippen LogP) is 3.71. The highest BCUT2D eigenvalue weighted by atomic mass is 16.5. The monoisotopic (exact) mass is 250 g/mol. The summed E-state index contributed by atoms with van der Waals surface area (Å²) in [5.74, 6) is 0.702. The van der Waals surface area contributed by atoms with Gasteiger partial charge in [0.1, 0.15) is 5.60 Å². The summed E-state index contributed by atoms with van der Waals surface area (Å²) in [6, 6.07) is 4.38. The maximum atomic E-state index is 5.84. The normalized spacial score (nSPS) is 13.4. The Hall–Kier alpha value is -1.09. The van der Waals surface area contributed by atoms with E-state index in [1.54, 1.807) is 0 Å². The van der Waals surface area contributed by atoms with Crippen LogP contribution in [-0.2, 0) is 0 Å². The second-order valence-corrected chi connectivity index (χ2v) is 5.32. The highest BCUT2D eigenvalue weighted by molar-refractivity contribution is 5.20. The molecule has 1 atom stereocenters. The van der Waals surface area contributed by atoms with Crippen LogP contribution in [0.1, 0.15) is 59.1 Å². The maximum Gasteiger partial charge on any atom is 0.213 e. The lowest BCUT2D eigenvalue weighted by Gasteiger charge is -2.24. The van der Waals surface area contributed by atoms with Crippen LogP contribution in [0.2, 0.25) is 0 Å². The summed E-state index contributed by atoms with van der Waals surface area (Å²) in [5.41, 5.74) is 1.05.